The number of rotatable bonds is 3. The molecule has 0 atom stereocenters. The molecule has 1 aliphatic rings. The van der Waals surface area contributed by atoms with Gasteiger partial charge in [-0.2, -0.15) is 8.73 Å². The molecule has 1 aromatic carbocycles. The minimum Gasteiger partial charge on any atom is -0.375 e. The summed E-state index contributed by atoms with van der Waals surface area (Å²) in [6.07, 6.45) is 0. The molecule has 0 saturated heterocycles. The second kappa shape index (κ2) is 5.20. The van der Waals surface area contributed by atoms with Gasteiger partial charge in [0.05, 0.1) is 33.6 Å². The first-order valence-electron chi connectivity index (χ1n) is 5.40. The maximum absolute atomic E-state index is 6.21. The third-order valence-corrected chi connectivity index (χ3v) is 4.61. The summed E-state index contributed by atoms with van der Waals surface area (Å²) >= 11 is 15.0. The van der Waals surface area contributed by atoms with E-state index in [-0.39, 0.29) is 0 Å². The molecule has 0 bridgehead atoms. The van der Waals surface area contributed by atoms with Crippen molar-refractivity contribution in [2.75, 3.05) is 5.32 Å². The Balaban J connectivity index is 1.90. The molecular formula is C11H8Cl2N4S2. The molecule has 2 heterocycles. The van der Waals surface area contributed by atoms with Crippen molar-refractivity contribution in [2.24, 2.45) is 8.73 Å². The molecule has 1 aromatic heterocycles. The highest BCUT2D eigenvalue weighted by Crippen LogP contribution is 2.47. The van der Waals surface area contributed by atoms with E-state index in [1.807, 2.05) is 12.3 Å². The van der Waals surface area contributed by atoms with Crippen LogP contribution in [0.1, 0.15) is 10.7 Å². The molecule has 4 nitrogen and oxygen atoms in total. The summed E-state index contributed by atoms with van der Waals surface area (Å²) in [5.41, 5.74) is 3.15. The SMILES string of the molecule is Cc1csc(CNc2c(Cl)cc(Cl)c3c2N=S=N3)n1. The van der Waals surface area contributed by atoms with Crippen molar-refractivity contribution >= 4 is 63.0 Å². The third-order valence-electron chi connectivity index (χ3n) is 2.53. The largest absolute Gasteiger partial charge is 0.375 e. The summed E-state index contributed by atoms with van der Waals surface area (Å²) in [6.45, 7) is 2.57. The fourth-order valence-corrected chi connectivity index (χ4v) is 3.58. The Kier molecular flexibility index (Phi) is 3.58. The molecule has 19 heavy (non-hydrogen) atoms. The molecule has 2 aromatic rings. The quantitative estimate of drug-likeness (QED) is 0.726. The maximum atomic E-state index is 6.21. The van der Waals surface area contributed by atoms with Crippen LogP contribution in [0.15, 0.2) is 20.2 Å². The molecule has 3 rings (SSSR count). The van der Waals surface area contributed by atoms with Crippen molar-refractivity contribution in [2.45, 2.75) is 13.5 Å². The summed E-state index contributed by atoms with van der Waals surface area (Å²) < 4.78 is 8.41. The van der Waals surface area contributed by atoms with Crippen molar-refractivity contribution in [1.82, 2.24) is 4.98 Å². The van der Waals surface area contributed by atoms with Crippen LogP contribution in [-0.4, -0.2) is 4.98 Å². The number of aromatic nitrogens is 1. The molecule has 0 spiro atoms. The summed E-state index contributed by atoms with van der Waals surface area (Å²) in [6, 6.07) is 1.68. The van der Waals surface area contributed by atoms with Gasteiger partial charge in [-0.25, -0.2) is 4.98 Å². The highest BCUT2D eigenvalue weighted by atomic mass is 35.5. The average Bonchev–Trinajstić information content (AvgIpc) is 2.98. The van der Waals surface area contributed by atoms with Crippen molar-refractivity contribution < 1.29 is 0 Å². The molecule has 0 fully saturated rings. The van der Waals surface area contributed by atoms with Gasteiger partial charge in [0.15, 0.2) is 0 Å². The van der Waals surface area contributed by atoms with Gasteiger partial charge in [0, 0.05) is 11.1 Å². The first-order chi connectivity index (χ1) is 9.15. The Morgan fingerprint density at radius 3 is 2.74 bits per heavy atom. The lowest BCUT2D eigenvalue weighted by Crippen LogP contribution is -2.00. The van der Waals surface area contributed by atoms with Gasteiger partial charge >= 0.3 is 0 Å². The van der Waals surface area contributed by atoms with Gasteiger partial charge in [-0.15, -0.1) is 11.3 Å². The average molecular weight is 331 g/mol. The van der Waals surface area contributed by atoms with E-state index in [1.54, 1.807) is 17.4 Å². The van der Waals surface area contributed by atoms with E-state index in [0.717, 1.165) is 27.7 Å². The standard InChI is InChI=1S/C11H8Cl2N4S2/c1-5-4-18-8(15-5)3-14-9-6(12)2-7(13)10-11(9)17-19-16-10/h2,4,14H,3H2,1H3. The number of hydrogen-bond donors (Lipinski definition) is 1. The second-order valence-corrected chi connectivity index (χ2v) is 6.20. The summed E-state index contributed by atoms with van der Waals surface area (Å²) in [4.78, 5) is 4.39. The smallest absolute Gasteiger partial charge is 0.130 e. The van der Waals surface area contributed by atoms with E-state index in [1.165, 1.54) is 0 Å². The van der Waals surface area contributed by atoms with Crippen molar-refractivity contribution in [3.63, 3.8) is 0 Å². The number of halogens is 2. The molecule has 0 radical (unpaired) electrons. The van der Waals surface area contributed by atoms with Crippen LogP contribution >= 0.6 is 34.5 Å². The number of benzene rings is 1. The van der Waals surface area contributed by atoms with Crippen LogP contribution < -0.4 is 5.32 Å². The molecule has 0 aliphatic carbocycles. The predicted octanol–water partition coefficient (Wildman–Crippen LogP) is 5.10. The minimum absolute atomic E-state index is 0.518. The number of hydrogen-bond acceptors (Lipinski definition) is 5. The topological polar surface area (TPSA) is 49.6 Å². The third kappa shape index (κ3) is 2.53. The Morgan fingerprint density at radius 2 is 2.00 bits per heavy atom. The lowest BCUT2D eigenvalue weighted by atomic mass is 10.2. The Morgan fingerprint density at radius 1 is 1.21 bits per heavy atom. The lowest BCUT2D eigenvalue weighted by Gasteiger charge is -2.10. The molecular weight excluding hydrogens is 323 g/mol. The zero-order chi connectivity index (χ0) is 13.4. The first kappa shape index (κ1) is 13.1. The number of anilines is 1. The summed E-state index contributed by atoms with van der Waals surface area (Å²) in [5, 5.41) is 7.33. The van der Waals surface area contributed by atoms with Crippen LogP contribution in [-0.2, 0) is 17.9 Å². The number of fused-ring (bicyclic) bond motifs is 1. The number of nitrogens with zero attached hydrogens (tertiary/aromatic N) is 3. The van der Waals surface area contributed by atoms with E-state index >= 15 is 0 Å². The summed E-state index contributed by atoms with van der Waals surface area (Å²) in [7, 11) is 0. The monoisotopic (exact) mass is 330 g/mol. The van der Waals surface area contributed by atoms with E-state index in [4.69, 9.17) is 23.2 Å². The van der Waals surface area contributed by atoms with Gasteiger partial charge in [0.25, 0.3) is 0 Å². The molecule has 0 unspecified atom stereocenters. The zero-order valence-electron chi connectivity index (χ0n) is 9.78. The normalized spacial score (nSPS) is 12.4. The van der Waals surface area contributed by atoms with E-state index < -0.39 is 0 Å². The molecule has 1 N–H and O–H groups in total. The molecule has 0 saturated carbocycles. The van der Waals surface area contributed by atoms with Gasteiger partial charge in [-0.05, 0) is 13.0 Å². The van der Waals surface area contributed by atoms with Crippen LogP contribution in [0.5, 0.6) is 0 Å². The number of thiazole rings is 1. The van der Waals surface area contributed by atoms with Gasteiger partial charge in [-0.1, -0.05) is 23.2 Å². The predicted molar refractivity (Wildman–Crippen MR) is 82.2 cm³/mol. The maximum Gasteiger partial charge on any atom is 0.130 e. The molecule has 8 heteroatoms. The van der Waals surface area contributed by atoms with Gasteiger partial charge in [0.1, 0.15) is 16.4 Å². The van der Waals surface area contributed by atoms with Gasteiger partial charge in [-0.3, -0.25) is 0 Å². The highest BCUT2D eigenvalue weighted by molar-refractivity contribution is 7.58. The van der Waals surface area contributed by atoms with E-state index in [9.17, 15) is 0 Å². The number of nitrogens with one attached hydrogen (secondary N) is 1. The second-order valence-electron chi connectivity index (χ2n) is 3.91. The molecule has 1 aliphatic heterocycles. The first-order valence-corrected chi connectivity index (χ1v) is 7.77. The van der Waals surface area contributed by atoms with Crippen LogP contribution in [0, 0.1) is 6.92 Å². The van der Waals surface area contributed by atoms with Crippen LogP contribution in [0.25, 0.3) is 0 Å². The Hall–Kier alpha value is -0.950. The zero-order valence-corrected chi connectivity index (χ0v) is 12.9. The van der Waals surface area contributed by atoms with Crippen LogP contribution in [0.2, 0.25) is 10.0 Å². The highest BCUT2D eigenvalue weighted by Gasteiger charge is 2.18. The van der Waals surface area contributed by atoms with E-state index in [0.29, 0.717) is 28.0 Å². The number of aryl methyl sites for hydroxylation is 1. The van der Waals surface area contributed by atoms with E-state index in [2.05, 4.69) is 19.0 Å². The molecule has 98 valence electrons. The van der Waals surface area contributed by atoms with Crippen LogP contribution in [0.3, 0.4) is 0 Å². The van der Waals surface area contributed by atoms with Crippen LogP contribution in [0.4, 0.5) is 17.1 Å². The minimum atomic E-state index is 0.518. The lowest BCUT2D eigenvalue weighted by molar-refractivity contribution is 1.08. The van der Waals surface area contributed by atoms with Gasteiger partial charge in [0.2, 0.25) is 0 Å². The Labute approximate surface area is 127 Å². The fourth-order valence-electron chi connectivity index (χ4n) is 1.69. The van der Waals surface area contributed by atoms with Crippen molar-refractivity contribution in [3.8, 4) is 0 Å². The summed E-state index contributed by atoms with van der Waals surface area (Å²) in [5.74, 6) is 0. The van der Waals surface area contributed by atoms with Gasteiger partial charge < -0.3 is 5.32 Å². The van der Waals surface area contributed by atoms with Crippen molar-refractivity contribution in [3.05, 3.63) is 32.2 Å². The Bertz CT molecular complexity index is 720. The molecule has 0 amide bonds. The fraction of sp³-hybridized carbons (Fsp3) is 0.182. The van der Waals surface area contributed by atoms with Crippen molar-refractivity contribution in [1.29, 1.82) is 0 Å².